The lowest BCUT2D eigenvalue weighted by atomic mass is 9.93. The van der Waals surface area contributed by atoms with Gasteiger partial charge in [-0.05, 0) is 51.0 Å². The summed E-state index contributed by atoms with van der Waals surface area (Å²) in [5.41, 5.74) is 1.22. The average Bonchev–Trinajstić information content (AvgIpc) is 2.22. The van der Waals surface area contributed by atoms with Crippen LogP contribution in [0, 0.1) is 12.7 Å². The first kappa shape index (κ1) is 14.1. The molecule has 2 nitrogen and oxygen atoms in total. The molecule has 0 fully saturated rings. The quantitative estimate of drug-likeness (QED) is 0.857. The fraction of sp³-hybridized carbons (Fsp3) is 0.571. The topological polar surface area (TPSA) is 29.5 Å². The van der Waals surface area contributed by atoms with Gasteiger partial charge in [-0.25, -0.2) is 4.39 Å². The lowest BCUT2D eigenvalue weighted by Gasteiger charge is -2.30. The standard InChI is InChI=1S/C14H21FO2/c1-5-17-14(3,4)13(16)9-11-6-7-12(15)8-10(11)2/h6-8,13,16H,5,9H2,1-4H3. The molecule has 0 amide bonds. The molecule has 0 aliphatic carbocycles. The second-order valence-electron chi connectivity index (χ2n) is 4.83. The Balaban J connectivity index is 2.77. The van der Waals surface area contributed by atoms with Gasteiger partial charge in [-0.3, -0.25) is 0 Å². The average molecular weight is 240 g/mol. The Labute approximate surface area is 102 Å². The fourth-order valence-electron chi connectivity index (χ4n) is 1.81. The highest BCUT2D eigenvalue weighted by Crippen LogP contribution is 2.21. The van der Waals surface area contributed by atoms with Crippen LogP contribution in [0.3, 0.4) is 0 Å². The largest absolute Gasteiger partial charge is 0.390 e. The van der Waals surface area contributed by atoms with Gasteiger partial charge in [0.05, 0.1) is 11.7 Å². The van der Waals surface area contributed by atoms with E-state index in [-0.39, 0.29) is 5.82 Å². The van der Waals surface area contributed by atoms with E-state index in [4.69, 9.17) is 4.74 Å². The number of aliphatic hydroxyl groups is 1. The van der Waals surface area contributed by atoms with E-state index in [9.17, 15) is 9.50 Å². The maximum Gasteiger partial charge on any atom is 0.123 e. The molecule has 0 heterocycles. The molecule has 0 radical (unpaired) electrons. The van der Waals surface area contributed by atoms with E-state index < -0.39 is 11.7 Å². The Hall–Kier alpha value is -0.930. The number of ether oxygens (including phenoxy) is 1. The minimum absolute atomic E-state index is 0.246. The van der Waals surface area contributed by atoms with Crippen LogP contribution in [0.25, 0.3) is 0 Å². The van der Waals surface area contributed by atoms with Crippen molar-refractivity contribution in [2.45, 2.75) is 45.8 Å². The molecule has 1 aromatic rings. The summed E-state index contributed by atoms with van der Waals surface area (Å²) < 4.78 is 18.5. The van der Waals surface area contributed by atoms with Crippen LogP contribution in [0.1, 0.15) is 31.9 Å². The lowest BCUT2D eigenvalue weighted by Crippen LogP contribution is -2.40. The number of hydrogen-bond donors (Lipinski definition) is 1. The van der Waals surface area contributed by atoms with Crippen molar-refractivity contribution in [1.82, 2.24) is 0 Å². The second kappa shape index (κ2) is 5.61. The van der Waals surface area contributed by atoms with E-state index in [0.717, 1.165) is 11.1 Å². The van der Waals surface area contributed by atoms with Crippen molar-refractivity contribution in [3.05, 3.63) is 35.1 Å². The van der Waals surface area contributed by atoms with Crippen LogP contribution < -0.4 is 0 Å². The maximum absolute atomic E-state index is 13.0. The Kier molecular flexibility index (Phi) is 4.66. The summed E-state index contributed by atoms with van der Waals surface area (Å²) in [6.45, 7) is 8.03. The molecule has 0 aliphatic heterocycles. The van der Waals surface area contributed by atoms with Gasteiger partial charge in [-0.2, -0.15) is 0 Å². The van der Waals surface area contributed by atoms with Crippen LogP contribution in [0.2, 0.25) is 0 Å². The first-order valence-corrected chi connectivity index (χ1v) is 5.94. The highest BCUT2D eigenvalue weighted by atomic mass is 19.1. The van der Waals surface area contributed by atoms with Gasteiger partial charge in [0.2, 0.25) is 0 Å². The number of halogens is 1. The molecule has 3 heteroatoms. The van der Waals surface area contributed by atoms with E-state index in [0.29, 0.717) is 13.0 Å². The Morgan fingerprint density at radius 1 is 1.41 bits per heavy atom. The molecule has 1 rings (SSSR count). The van der Waals surface area contributed by atoms with Gasteiger partial charge in [0.15, 0.2) is 0 Å². The van der Waals surface area contributed by atoms with Crippen molar-refractivity contribution in [2.75, 3.05) is 6.61 Å². The predicted molar refractivity (Wildman–Crippen MR) is 66.6 cm³/mol. The first-order chi connectivity index (χ1) is 7.86. The van der Waals surface area contributed by atoms with E-state index in [2.05, 4.69) is 0 Å². The van der Waals surface area contributed by atoms with E-state index in [1.54, 1.807) is 6.07 Å². The normalized spacial score (nSPS) is 13.8. The number of aryl methyl sites for hydroxylation is 1. The second-order valence-corrected chi connectivity index (χ2v) is 4.83. The number of benzene rings is 1. The zero-order valence-corrected chi connectivity index (χ0v) is 11.0. The molecular formula is C14H21FO2. The number of hydrogen-bond acceptors (Lipinski definition) is 2. The molecule has 0 aliphatic rings. The van der Waals surface area contributed by atoms with Gasteiger partial charge in [0, 0.05) is 13.0 Å². The summed E-state index contributed by atoms with van der Waals surface area (Å²) in [4.78, 5) is 0. The van der Waals surface area contributed by atoms with E-state index in [1.165, 1.54) is 12.1 Å². The highest BCUT2D eigenvalue weighted by Gasteiger charge is 2.28. The molecule has 0 aromatic heterocycles. The Bertz CT molecular complexity index is 374. The number of aliphatic hydroxyl groups excluding tert-OH is 1. The Morgan fingerprint density at radius 3 is 2.59 bits per heavy atom. The maximum atomic E-state index is 13.0. The summed E-state index contributed by atoms with van der Waals surface area (Å²) in [7, 11) is 0. The third-order valence-corrected chi connectivity index (χ3v) is 3.04. The molecular weight excluding hydrogens is 219 g/mol. The third-order valence-electron chi connectivity index (χ3n) is 3.04. The zero-order valence-electron chi connectivity index (χ0n) is 11.0. The van der Waals surface area contributed by atoms with Crippen LogP contribution in [-0.4, -0.2) is 23.4 Å². The van der Waals surface area contributed by atoms with Gasteiger partial charge in [-0.15, -0.1) is 0 Å². The van der Waals surface area contributed by atoms with Crippen LogP contribution in [0.15, 0.2) is 18.2 Å². The van der Waals surface area contributed by atoms with E-state index >= 15 is 0 Å². The van der Waals surface area contributed by atoms with Crippen molar-refractivity contribution in [3.63, 3.8) is 0 Å². The van der Waals surface area contributed by atoms with Crippen molar-refractivity contribution >= 4 is 0 Å². The monoisotopic (exact) mass is 240 g/mol. The molecule has 0 saturated carbocycles. The summed E-state index contributed by atoms with van der Waals surface area (Å²) in [5, 5.41) is 10.1. The molecule has 0 saturated heterocycles. The van der Waals surface area contributed by atoms with Gasteiger partial charge in [-0.1, -0.05) is 6.07 Å². The summed E-state index contributed by atoms with van der Waals surface area (Å²) in [6.07, 6.45) is -0.134. The molecule has 1 atom stereocenters. The van der Waals surface area contributed by atoms with E-state index in [1.807, 2.05) is 27.7 Å². The van der Waals surface area contributed by atoms with Crippen molar-refractivity contribution in [2.24, 2.45) is 0 Å². The summed E-state index contributed by atoms with van der Waals surface area (Å²) >= 11 is 0. The van der Waals surface area contributed by atoms with Crippen molar-refractivity contribution in [1.29, 1.82) is 0 Å². The van der Waals surface area contributed by atoms with Gasteiger partial charge in [0.1, 0.15) is 5.82 Å². The molecule has 1 aromatic carbocycles. The van der Waals surface area contributed by atoms with Gasteiger partial charge >= 0.3 is 0 Å². The van der Waals surface area contributed by atoms with Crippen LogP contribution >= 0.6 is 0 Å². The van der Waals surface area contributed by atoms with Crippen LogP contribution in [0.4, 0.5) is 4.39 Å². The molecule has 1 unspecified atom stereocenters. The molecule has 96 valence electrons. The highest BCUT2D eigenvalue weighted by molar-refractivity contribution is 5.27. The minimum atomic E-state index is -0.605. The van der Waals surface area contributed by atoms with Crippen LogP contribution in [0.5, 0.6) is 0 Å². The van der Waals surface area contributed by atoms with Crippen molar-refractivity contribution in [3.8, 4) is 0 Å². The summed E-state index contributed by atoms with van der Waals surface area (Å²) in [5.74, 6) is -0.246. The third kappa shape index (κ3) is 3.79. The zero-order chi connectivity index (χ0) is 13.1. The lowest BCUT2D eigenvalue weighted by molar-refractivity contribution is -0.0955. The number of rotatable bonds is 5. The fourth-order valence-corrected chi connectivity index (χ4v) is 1.81. The van der Waals surface area contributed by atoms with Gasteiger partial charge < -0.3 is 9.84 Å². The smallest absolute Gasteiger partial charge is 0.123 e. The predicted octanol–water partition coefficient (Wildman–Crippen LogP) is 2.85. The molecule has 1 N–H and O–H groups in total. The minimum Gasteiger partial charge on any atom is -0.390 e. The molecule has 0 spiro atoms. The first-order valence-electron chi connectivity index (χ1n) is 5.94. The summed E-state index contributed by atoms with van der Waals surface area (Å²) in [6, 6.07) is 4.62. The SMILES string of the molecule is CCOC(C)(C)C(O)Cc1ccc(F)cc1C. The molecule has 0 bridgehead atoms. The Morgan fingerprint density at radius 2 is 2.06 bits per heavy atom. The van der Waals surface area contributed by atoms with Gasteiger partial charge in [0.25, 0.3) is 0 Å². The molecule has 17 heavy (non-hydrogen) atoms. The van der Waals surface area contributed by atoms with Crippen molar-refractivity contribution < 1.29 is 14.2 Å². The van der Waals surface area contributed by atoms with Crippen LogP contribution in [-0.2, 0) is 11.2 Å².